The van der Waals surface area contributed by atoms with Crippen molar-refractivity contribution in [3.63, 3.8) is 0 Å². The fourth-order valence-corrected chi connectivity index (χ4v) is 5.48. The Morgan fingerprint density at radius 1 is 1.12 bits per heavy atom. The number of aromatic nitrogens is 4. The molecule has 0 atom stereocenters. The lowest BCUT2D eigenvalue weighted by atomic mass is 10.1. The number of aryl methyl sites for hydroxylation is 1. The van der Waals surface area contributed by atoms with Crippen molar-refractivity contribution in [2.45, 2.75) is 49.9 Å². The third-order valence-electron chi connectivity index (χ3n) is 5.56. The van der Waals surface area contributed by atoms with Gasteiger partial charge in [-0.1, -0.05) is 55.1 Å². The fraction of sp³-hybridized carbons (Fsp3) is 0.280. The van der Waals surface area contributed by atoms with E-state index >= 15 is 0 Å². The number of thiazole rings is 1. The molecule has 168 valence electrons. The molecule has 8 heteroatoms. The predicted molar refractivity (Wildman–Crippen MR) is 134 cm³/mol. The predicted octanol–water partition coefficient (Wildman–Crippen LogP) is 6.14. The first kappa shape index (κ1) is 21.9. The standard InChI is InChI=1S/C25H25N5OS2/c1-3-18-9-7-8-12-22(18)29(17(2)31)25-26-20(16-33-25)15-32-24-27-23(19-13-14-19)30(28-24)21-10-5-4-6-11-21/h4-12,16,19H,3,13-15H2,1-2H3. The van der Waals surface area contributed by atoms with Crippen molar-refractivity contribution in [1.29, 1.82) is 0 Å². The average molecular weight is 476 g/mol. The molecular formula is C25H25N5OS2. The molecule has 0 N–H and O–H groups in total. The maximum absolute atomic E-state index is 12.5. The van der Waals surface area contributed by atoms with Crippen LogP contribution in [0.4, 0.5) is 10.8 Å². The van der Waals surface area contributed by atoms with Crippen molar-refractivity contribution in [2.24, 2.45) is 0 Å². The second kappa shape index (κ2) is 9.49. The van der Waals surface area contributed by atoms with E-state index in [4.69, 9.17) is 15.1 Å². The third-order valence-corrected chi connectivity index (χ3v) is 7.31. The Morgan fingerprint density at radius 3 is 2.61 bits per heavy atom. The second-order valence-corrected chi connectivity index (χ2v) is 9.80. The van der Waals surface area contributed by atoms with Gasteiger partial charge in [-0.3, -0.25) is 9.69 Å². The van der Waals surface area contributed by atoms with Crippen molar-refractivity contribution in [1.82, 2.24) is 19.7 Å². The number of carbonyl (C=O) groups is 1. The summed E-state index contributed by atoms with van der Waals surface area (Å²) in [5.41, 5.74) is 3.99. The summed E-state index contributed by atoms with van der Waals surface area (Å²) in [7, 11) is 0. The summed E-state index contributed by atoms with van der Waals surface area (Å²) in [6.45, 7) is 3.68. The minimum atomic E-state index is -0.0400. The van der Waals surface area contributed by atoms with E-state index in [-0.39, 0.29) is 5.91 Å². The highest BCUT2D eigenvalue weighted by Gasteiger charge is 2.30. The van der Waals surface area contributed by atoms with Crippen LogP contribution in [-0.2, 0) is 17.0 Å². The highest BCUT2D eigenvalue weighted by Crippen LogP contribution is 2.41. The van der Waals surface area contributed by atoms with Gasteiger partial charge in [0.1, 0.15) is 5.82 Å². The molecule has 0 aliphatic heterocycles. The van der Waals surface area contributed by atoms with Crippen LogP contribution in [0.3, 0.4) is 0 Å². The molecule has 0 radical (unpaired) electrons. The van der Waals surface area contributed by atoms with Crippen LogP contribution < -0.4 is 4.90 Å². The molecule has 2 aromatic carbocycles. The van der Waals surface area contributed by atoms with Crippen LogP contribution >= 0.6 is 23.1 Å². The first-order valence-electron chi connectivity index (χ1n) is 11.1. The number of benzene rings is 2. The Hall–Kier alpha value is -2.97. The smallest absolute Gasteiger partial charge is 0.230 e. The molecule has 1 aliphatic rings. The molecular weight excluding hydrogens is 450 g/mol. The summed E-state index contributed by atoms with van der Waals surface area (Å²) in [5.74, 6) is 2.16. The van der Waals surface area contributed by atoms with Crippen molar-refractivity contribution < 1.29 is 4.79 Å². The lowest BCUT2D eigenvalue weighted by Crippen LogP contribution is -2.23. The molecule has 0 unspecified atom stereocenters. The Labute approximate surface area is 201 Å². The lowest BCUT2D eigenvalue weighted by molar-refractivity contribution is -0.115. The summed E-state index contributed by atoms with van der Waals surface area (Å²) < 4.78 is 1.98. The highest BCUT2D eigenvalue weighted by molar-refractivity contribution is 7.98. The maximum Gasteiger partial charge on any atom is 0.230 e. The van der Waals surface area contributed by atoms with Gasteiger partial charge in [-0.15, -0.1) is 16.4 Å². The molecule has 1 aliphatic carbocycles. The van der Waals surface area contributed by atoms with Crippen molar-refractivity contribution in [3.05, 3.63) is 77.1 Å². The van der Waals surface area contributed by atoms with Gasteiger partial charge in [-0.25, -0.2) is 14.6 Å². The first-order chi connectivity index (χ1) is 16.1. The van der Waals surface area contributed by atoms with E-state index in [0.717, 1.165) is 40.0 Å². The third kappa shape index (κ3) is 4.72. The molecule has 2 aromatic heterocycles. The van der Waals surface area contributed by atoms with E-state index in [1.165, 1.54) is 24.2 Å². The van der Waals surface area contributed by atoms with Gasteiger partial charge in [0.25, 0.3) is 0 Å². The monoisotopic (exact) mass is 475 g/mol. The number of carbonyl (C=O) groups excluding carboxylic acids is 1. The summed E-state index contributed by atoms with van der Waals surface area (Å²) >= 11 is 3.07. The van der Waals surface area contributed by atoms with Crippen LogP contribution in [0.5, 0.6) is 0 Å². The quantitative estimate of drug-likeness (QED) is 0.286. The van der Waals surface area contributed by atoms with Crippen LogP contribution in [-0.4, -0.2) is 25.7 Å². The van der Waals surface area contributed by atoms with Gasteiger partial charge in [0.15, 0.2) is 5.13 Å². The van der Waals surface area contributed by atoms with E-state index in [9.17, 15) is 4.79 Å². The normalized spacial score (nSPS) is 13.3. The Balaban J connectivity index is 1.35. The van der Waals surface area contributed by atoms with E-state index in [1.54, 1.807) is 23.6 Å². The maximum atomic E-state index is 12.5. The van der Waals surface area contributed by atoms with Crippen molar-refractivity contribution in [3.8, 4) is 5.69 Å². The topological polar surface area (TPSA) is 63.9 Å². The fourth-order valence-electron chi connectivity index (χ4n) is 3.77. The van der Waals surface area contributed by atoms with Crippen molar-refractivity contribution >= 4 is 39.8 Å². The Bertz CT molecular complexity index is 1260. The molecule has 0 spiro atoms. The Kier molecular flexibility index (Phi) is 6.28. The Morgan fingerprint density at radius 2 is 1.88 bits per heavy atom. The molecule has 33 heavy (non-hydrogen) atoms. The number of amides is 1. The number of rotatable bonds is 8. The van der Waals surface area contributed by atoms with E-state index in [2.05, 4.69) is 25.1 Å². The molecule has 2 heterocycles. The van der Waals surface area contributed by atoms with Crippen LogP contribution in [0.15, 0.2) is 65.1 Å². The minimum Gasteiger partial charge on any atom is -0.274 e. The molecule has 0 bridgehead atoms. The lowest BCUT2D eigenvalue weighted by Gasteiger charge is -2.20. The van der Waals surface area contributed by atoms with Gasteiger partial charge in [0, 0.05) is 24.0 Å². The number of nitrogens with zero attached hydrogens (tertiary/aromatic N) is 5. The molecule has 1 amide bonds. The number of hydrogen-bond donors (Lipinski definition) is 0. The molecule has 0 saturated heterocycles. The van der Waals surface area contributed by atoms with Gasteiger partial charge < -0.3 is 0 Å². The van der Waals surface area contributed by atoms with Crippen LogP contribution in [0.2, 0.25) is 0 Å². The van der Waals surface area contributed by atoms with Gasteiger partial charge in [-0.05, 0) is 43.0 Å². The minimum absolute atomic E-state index is 0.0400. The summed E-state index contributed by atoms with van der Waals surface area (Å²) in [4.78, 5) is 23.8. The number of hydrogen-bond acceptors (Lipinski definition) is 6. The zero-order valence-electron chi connectivity index (χ0n) is 18.6. The van der Waals surface area contributed by atoms with Crippen LogP contribution in [0.1, 0.15) is 49.7 Å². The summed E-state index contributed by atoms with van der Waals surface area (Å²) in [6, 6.07) is 18.2. The SMILES string of the molecule is CCc1ccccc1N(C(C)=O)c1nc(CSc2nc(C3CC3)n(-c3ccccc3)n2)cs1. The zero-order chi connectivity index (χ0) is 22.8. The largest absolute Gasteiger partial charge is 0.274 e. The van der Waals surface area contributed by atoms with E-state index in [0.29, 0.717) is 16.8 Å². The average Bonchev–Trinajstić information content (AvgIpc) is 3.43. The number of anilines is 2. The number of para-hydroxylation sites is 2. The zero-order valence-corrected chi connectivity index (χ0v) is 20.3. The van der Waals surface area contributed by atoms with Gasteiger partial charge in [0.2, 0.25) is 11.1 Å². The second-order valence-electron chi connectivity index (χ2n) is 8.02. The highest BCUT2D eigenvalue weighted by atomic mass is 32.2. The van der Waals surface area contributed by atoms with E-state index < -0.39 is 0 Å². The molecule has 4 aromatic rings. The molecule has 6 nitrogen and oxygen atoms in total. The van der Waals surface area contributed by atoms with Gasteiger partial charge >= 0.3 is 0 Å². The van der Waals surface area contributed by atoms with Crippen LogP contribution in [0, 0.1) is 0 Å². The van der Waals surface area contributed by atoms with Crippen molar-refractivity contribution in [2.75, 3.05) is 4.90 Å². The summed E-state index contributed by atoms with van der Waals surface area (Å²) in [6.07, 6.45) is 3.20. The van der Waals surface area contributed by atoms with Gasteiger partial charge in [0.05, 0.1) is 17.1 Å². The summed E-state index contributed by atoms with van der Waals surface area (Å²) in [5, 5.41) is 8.25. The van der Waals surface area contributed by atoms with Gasteiger partial charge in [-0.2, -0.15) is 0 Å². The van der Waals surface area contributed by atoms with E-state index in [1.807, 2.05) is 46.5 Å². The molecule has 1 saturated carbocycles. The number of thioether (sulfide) groups is 1. The molecule has 5 rings (SSSR count). The first-order valence-corrected chi connectivity index (χ1v) is 13.0. The molecule has 1 fully saturated rings. The van der Waals surface area contributed by atoms with Crippen LogP contribution in [0.25, 0.3) is 5.69 Å².